The summed E-state index contributed by atoms with van der Waals surface area (Å²) < 4.78 is 13.3. The lowest BCUT2D eigenvalue weighted by Gasteiger charge is -2.27. The standard InChI is InChI=1S/C16H15ClFN/c1-11-8-12-4-2-3-5-15(12)19(11)16-7-6-14(18)9-13(16)10-17/h2-7,9,11H,8,10H2,1H3. The number of halogens is 2. The topological polar surface area (TPSA) is 3.24 Å². The van der Waals surface area contributed by atoms with Gasteiger partial charge in [0.25, 0.3) is 0 Å². The monoisotopic (exact) mass is 275 g/mol. The number of benzene rings is 2. The number of hydrogen-bond acceptors (Lipinski definition) is 1. The Hall–Kier alpha value is -1.54. The SMILES string of the molecule is CC1Cc2ccccc2N1c1ccc(F)cc1CCl. The molecule has 0 amide bonds. The Kier molecular flexibility index (Phi) is 3.19. The fourth-order valence-electron chi connectivity index (χ4n) is 2.83. The number of alkyl halides is 1. The zero-order chi connectivity index (χ0) is 13.4. The van der Waals surface area contributed by atoms with Gasteiger partial charge in [0.05, 0.1) is 0 Å². The molecule has 0 saturated carbocycles. The van der Waals surface area contributed by atoms with Gasteiger partial charge in [0, 0.05) is 23.3 Å². The molecule has 1 aliphatic rings. The molecule has 1 unspecified atom stereocenters. The van der Waals surface area contributed by atoms with E-state index in [1.165, 1.54) is 23.4 Å². The van der Waals surface area contributed by atoms with E-state index in [0.29, 0.717) is 11.9 Å². The summed E-state index contributed by atoms with van der Waals surface area (Å²) in [6, 6.07) is 13.6. The van der Waals surface area contributed by atoms with E-state index in [9.17, 15) is 4.39 Å². The van der Waals surface area contributed by atoms with E-state index in [0.717, 1.165) is 17.7 Å². The van der Waals surface area contributed by atoms with Crippen molar-refractivity contribution in [1.29, 1.82) is 0 Å². The van der Waals surface area contributed by atoms with E-state index in [4.69, 9.17) is 11.6 Å². The number of anilines is 2. The van der Waals surface area contributed by atoms with Crippen molar-refractivity contribution in [1.82, 2.24) is 0 Å². The first kappa shape index (κ1) is 12.5. The molecule has 1 atom stereocenters. The molecule has 0 fully saturated rings. The quantitative estimate of drug-likeness (QED) is 0.721. The second-order valence-corrected chi connectivity index (χ2v) is 5.23. The van der Waals surface area contributed by atoms with E-state index in [2.05, 4.69) is 30.0 Å². The highest BCUT2D eigenvalue weighted by molar-refractivity contribution is 6.17. The maximum Gasteiger partial charge on any atom is 0.123 e. The van der Waals surface area contributed by atoms with Crippen LogP contribution in [-0.2, 0) is 12.3 Å². The average molecular weight is 276 g/mol. The van der Waals surface area contributed by atoms with Gasteiger partial charge in [-0.15, -0.1) is 11.6 Å². The lowest BCUT2D eigenvalue weighted by molar-refractivity contribution is 0.625. The first-order valence-electron chi connectivity index (χ1n) is 6.42. The van der Waals surface area contributed by atoms with E-state index in [-0.39, 0.29) is 5.82 Å². The van der Waals surface area contributed by atoms with Gasteiger partial charge in [0.2, 0.25) is 0 Å². The van der Waals surface area contributed by atoms with Gasteiger partial charge in [0.1, 0.15) is 5.82 Å². The summed E-state index contributed by atoms with van der Waals surface area (Å²) in [4.78, 5) is 2.26. The molecular weight excluding hydrogens is 261 g/mol. The molecular formula is C16H15ClFN. The molecule has 2 aromatic rings. The summed E-state index contributed by atoms with van der Waals surface area (Å²) in [7, 11) is 0. The maximum absolute atomic E-state index is 13.3. The molecule has 0 aliphatic carbocycles. The minimum absolute atomic E-state index is 0.237. The van der Waals surface area contributed by atoms with E-state index >= 15 is 0 Å². The van der Waals surface area contributed by atoms with Crippen molar-refractivity contribution in [2.45, 2.75) is 25.3 Å². The van der Waals surface area contributed by atoms with Crippen molar-refractivity contribution in [2.24, 2.45) is 0 Å². The summed E-state index contributed by atoms with van der Waals surface area (Å²) in [5.41, 5.74) is 4.38. The average Bonchev–Trinajstić information content (AvgIpc) is 2.74. The Balaban J connectivity index is 2.12. The number of nitrogens with zero attached hydrogens (tertiary/aromatic N) is 1. The Morgan fingerprint density at radius 3 is 2.79 bits per heavy atom. The smallest absolute Gasteiger partial charge is 0.123 e. The number of fused-ring (bicyclic) bond motifs is 1. The number of rotatable bonds is 2. The van der Waals surface area contributed by atoms with Crippen molar-refractivity contribution in [3.63, 3.8) is 0 Å². The fraction of sp³-hybridized carbons (Fsp3) is 0.250. The first-order chi connectivity index (χ1) is 9.20. The minimum atomic E-state index is -0.237. The Morgan fingerprint density at radius 2 is 2.00 bits per heavy atom. The van der Waals surface area contributed by atoms with Gasteiger partial charge >= 0.3 is 0 Å². The fourth-order valence-corrected chi connectivity index (χ4v) is 3.04. The molecule has 0 spiro atoms. The molecule has 2 aromatic carbocycles. The summed E-state index contributed by atoms with van der Waals surface area (Å²) in [6.45, 7) is 2.18. The van der Waals surface area contributed by atoms with Crippen LogP contribution in [0.4, 0.5) is 15.8 Å². The molecule has 0 bridgehead atoms. The zero-order valence-corrected chi connectivity index (χ0v) is 11.5. The minimum Gasteiger partial charge on any atom is -0.338 e. The molecule has 98 valence electrons. The molecule has 0 radical (unpaired) electrons. The first-order valence-corrected chi connectivity index (χ1v) is 6.95. The third-order valence-electron chi connectivity index (χ3n) is 3.65. The van der Waals surface area contributed by atoms with E-state index < -0.39 is 0 Å². The lowest BCUT2D eigenvalue weighted by Crippen LogP contribution is -2.24. The van der Waals surface area contributed by atoms with Crippen LogP contribution in [0.5, 0.6) is 0 Å². The van der Waals surface area contributed by atoms with Gasteiger partial charge in [-0.1, -0.05) is 18.2 Å². The second kappa shape index (κ2) is 4.86. The number of hydrogen-bond donors (Lipinski definition) is 0. The maximum atomic E-state index is 13.3. The zero-order valence-electron chi connectivity index (χ0n) is 10.7. The van der Waals surface area contributed by atoms with E-state index in [1.54, 1.807) is 0 Å². The molecule has 1 nitrogen and oxygen atoms in total. The molecule has 0 saturated heterocycles. The molecule has 0 aromatic heterocycles. The van der Waals surface area contributed by atoms with Crippen LogP contribution in [0.15, 0.2) is 42.5 Å². The Morgan fingerprint density at radius 1 is 1.21 bits per heavy atom. The second-order valence-electron chi connectivity index (χ2n) is 4.96. The molecule has 3 heteroatoms. The van der Waals surface area contributed by atoms with Gasteiger partial charge in [-0.25, -0.2) is 4.39 Å². The van der Waals surface area contributed by atoms with Gasteiger partial charge in [-0.05, 0) is 48.7 Å². The van der Waals surface area contributed by atoms with Crippen LogP contribution >= 0.6 is 11.6 Å². The normalized spacial score (nSPS) is 17.6. The number of para-hydroxylation sites is 1. The summed E-state index contributed by atoms with van der Waals surface area (Å²) in [5, 5.41) is 0. The van der Waals surface area contributed by atoms with Gasteiger partial charge in [0.15, 0.2) is 0 Å². The Labute approximate surface area is 117 Å². The molecule has 3 rings (SSSR count). The van der Waals surface area contributed by atoms with Crippen LogP contribution in [0, 0.1) is 5.82 Å². The highest BCUT2D eigenvalue weighted by atomic mass is 35.5. The highest BCUT2D eigenvalue weighted by Crippen LogP contribution is 2.40. The van der Waals surface area contributed by atoms with Crippen LogP contribution in [0.3, 0.4) is 0 Å². The van der Waals surface area contributed by atoms with Crippen molar-refractivity contribution < 1.29 is 4.39 Å². The van der Waals surface area contributed by atoms with Crippen LogP contribution in [-0.4, -0.2) is 6.04 Å². The lowest BCUT2D eigenvalue weighted by atomic mass is 10.1. The third-order valence-corrected chi connectivity index (χ3v) is 3.94. The van der Waals surface area contributed by atoms with Crippen molar-refractivity contribution in [3.8, 4) is 0 Å². The third kappa shape index (κ3) is 2.10. The highest BCUT2D eigenvalue weighted by Gasteiger charge is 2.28. The van der Waals surface area contributed by atoms with E-state index in [1.807, 2.05) is 12.1 Å². The van der Waals surface area contributed by atoms with Crippen LogP contribution < -0.4 is 4.90 Å². The van der Waals surface area contributed by atoms with Crippen LogP contribution in [0.2, 0.25) is 0 Å². The summed E-state index contributed by atoms with van der Waals surface area (Å²) in [5.74, 6) is 0.0814. The van der Waals surface area contributed by atoms with Crippen molar-refractivity contribution >= 4 is 23.0 Å². The molecule has 0 N–H and O–H groups in total. The van der Waals surface area contributed by atoms with Crippen molar-refractivity contribution in [3.05, 3.63) is 59.4 Å². The van der Waals surface area contributed by atoms with Gasteiger partial charge in [-0.2, -0.15) is 0 Å². The predicted octanol–water partition coefficient (Wildman–Crippen LogP) is 4.65. The summed E-state index contributed by atoms with van der Waals surface area (Å²) in [6.07, 6.45) is 1.01. The van der Waals surface area contributed by atoms with Gasteiger partial charge < -0.3 is 4.90 Å². The molecule has 1 heterocycles. The molecule has 19 heavy (non-hydrogen) atoms. The van der Waals surface area contributed by atoms with Crippen LogP contribution in [0.25, 0.3) is 0 Å². The predicted molar refractivity (Wildman–Crippen MR) is 77.7 cm³/mol. The largest absolute Gasteiger partial charge is 0.338 e. The Bertz CT molecular complexity index is 611. The molecule has 1 aliphatic heterocycles. The van der Waals surface area contributed by atoms with Crippen molar-refractivity contribution in [2.75, 3.05) is 4.90 Å². The van der Waals surface area contributed by atoms with Crippen LogP contribution in [0.1, 0.15) is 18.1 Å². The summed E-state index contributed by atoms with van der Waals surface area (Å²) >= 11 is 5.96. The van der Waals surface area contributed by atoms with Gasteiger partial charge in [-0.3, -0.25) is 0 Å².